The fourth-order valence-electron chi connectivity index (χ4n) is 2.84. The van der Waals surface area contributed by atoms with Crippen LogP contribution in [-0.4, -0.2) is 59.9 Å². The van der Waals surface area contributed by atoms with Gasteiger partial charge < -0.3 is 13.1 Å². The van der Waals surface area contributed by atoms with Crippen LogP contribution in [0.3, 0.4) is 0 Å². The molecule has 0 amide bonds. The predicted molar refractivity (Wildman–Crippen MR) is 96.9 cm³/mol. The molecule has 0 aromatic carbocycles. The maximum Gasteiger partial charge on any atom is 2.00 e. The number of rotatable bonds is 12. The maximum atomic E-state index is 11.1. The minimum atomic E-state index is -1.28. The number of aliphatic carboxylic acids is 2. The zero-order valence-corrected chi connectivity index (χ0v) is 17.6. The van der Waals surface area contributed by atoms with Gasteiger partial charge in [-0.2, -0.15) is 0 Å². The molecule has 0 aliphatic heterocycles. The molecule has 1 unspecified atom stereocenters. The molecule has 0 aromatic rings. The summed E-state index contributed by atoms with van der Waals surface area (Å²) in [5.41, 5.74) is -0.0641. The van der Waals surface area contributed by atoms with Crippen molar-refractivity contribution in [2.45, 2.75) is 85.5 Å². The largest absolute Gasteiger partial charge is 2.00 e. The van der Waals surface area contributed by atoms with Crippen molar-refractivity contribution >= 4 is 49.7 Å². The number of hydrogen-bond donors (Lipinski definition) is 2. The molecule has 23 heavy (non-hydrogen) atoms. The zero-order valence-electron chi connectivity index (χ0n) is 17.4. The average Bonchev–Trinajstić information content (AvgIpc) is 2.38. The van der Waals surface area contributed by atoms with Crippen molar-refractivity contribution in [3.05, 3.63) is 0 Å². The van der Waals surface area contributed by atoms with Crippen molar-refractivity contribution in [2.24, 2.45) is 17.3 Å². The minimum absolute atomic E-state index is 0. The van der Waals surface area contributed by atoms with Crippen LogP contribution in [0.5, 0.6) is 0 Å². The Balaban J connectivity index is -0.000000735. The second kappa shape index (κ2) is 13.5. The Hall–Kier alpha value is 0.200. The summed E-state index contributed by atoms with van der Waals surface area (Å²) in [6, 6.07) is 0. The van der Waals surface area contributed by atoms with Gasteiger partial charge in [0.1, 0.15) is 0 Å². The summed E-state index contributed by atoms with van der Waals surface area (Å²) in [6.07, 6.45) is 9.67. The minimum Gasteiger partial charge on any atom is -1.00 e. The Kier molecular flexibility index (Phi) is 14.9. The Labute approximate surface area is 174 Å². The molecular weight excluding hydrogens is 320 g/mol. The first-order valence-electron chi connectivity index (χ1n) is 8.65. The van der Waals surface area contributed by atoms with Gasteiger partial charge in [0.15, 0.2) is 5.92 Å². The number of unbranched alkanes of at least 4 members (excludes halogenated alkanes) is 6. The van der Waals surface area contributed by atoms with Crippen LogP contribution in [0.1, 0.15) is 88.3 Å². The second-order valence-electron chi connectivity index (χ2n) is 7.44. The normalized spacial score (nSPS) is 12.7. The Morgan fingerprint density at radius 1 is 0.913 bits per heavy atom. The van der Waals surface area contributed by atoms with Crippen molar-refractivity contribution in [1.82, 2.24) is 0 Å². The zero-order chi connectivity index (χ0) is 17.2. The van der Waals surface area contributed by atoms with Crippen LogP contribution in [0.25, 0.3) is 0 Å². The number of carboxylic acid groups (broad SMARTS) is 2. The van der Waals surface area contributed by atoms with Gasteiger partial charge in [0.2, 0.25) is 0 Å². The molecule has 0 radical (unpaired) electrons. The molecule has 2 N–H and O–H groups in total. The fourth-order valence-corrected chi connectivity index (χ4v) is 2.84. The molecule has 0 saturated heterocycles. The summed E-state index contributed by atoms with van der Waals surface area (Å²) in [6.45, 7) is 8.41. The van der Waals surface area contributed by atoms with Crippen molar-refractivity contribution in [1.29, 1.82) is 0 Å². The summed E-state index contributed by atoms with van der Waals surface area (Å²) in [5.74, 6) is -3.60. The summed E-state index contributed by atoms with van der Waals surface area (Å²) in [7, 11) is 0. The molecule has 0 aromatic heterocycles. The van der Waals surface area contributed by atoms with Crippen LogP contribution in [0.15, 0.2) is 0 Å². The van der Waals surface area contributed by atoms with E-state index in [0.29, 0.717) is 0 Å². The van der Waals surface area contributed by atoms with Gasteiger partial charge in [-0.1, -0.05) is 72.6 Å². The van der Waals surface area contributed by atoms with Gasteiger partial charge >= 0.3 is 49.7 Å². The molecule has 0 aliphatic carbocycles. The summed E-state index contributed by atoms with van der Waals surface area (Å²) < 4.78 is 0. The third kappa shape index (κ3) is 12.2. The maximum absolute atomic E-state index is 11.1. The predicted octanol–water partition coefficient (Wildman–Crippen LogP) is 4.81. The second-order valence-corrected chi connectivity index (χ2v) is 7.44. The summed E-state index contributed by atoms with van der Waals surface area (Å²) in [4.78, 5) is 22.2. The third-order valence-electron chi connectivity index (χ3n) is 4.50. The van der Waals surface area contributed by atoms with Crippen LogP contribution in [0, 0.1) is 17.3 Å². The molecule has 4 nitrogen and oxygen atoms in total. The fraction of sp³-hybridized carbons (Fsp3) is 0.889. The standard InChI is InChI=1S/C18H34O4.Ca.2H/c1-5-6-7-8-9-10-11-12-14(18(2,3)4)13-15(16(19)20)17(21)22;;;/h14-15H,5-13H2,1-4H3,(H,19,20)(H,21,22);;;/q;+2;2*-1. The van der Waals surface area contributed by atoms with Crippen molar-refractivity contribution < 1.29 is 22.7 Å². The molecule has 0 rings (SSSR count). The molecule has 0 bridgehead atoms. The van der Waals surface area contributed by atoms with Crippen LogP contribution in [0.4, 0.5) is 0 Å². The Morgan fingerprint density at radius 3 is 1.74 bits per heavy atom. The van der Waals surface area contributed by atoms with Gasteiger partial charge in [0.05, 0.1) is 0 Å². The SMILES string of the molecule is CCCCCCCCCC(CC(C(=O)O)C(=O)O)C(C)(C)C.[Ca+2].[H-].[H-]. The smallest absolute Gasteiger partial charge is 1.00 e. The molecule has 1 atom stereocenters. The van der Waals surface area contributed by atoms with E-state index in [9.17, 15) is 9.59 Å². The topological polar surface area (TPSA) is 74.6 Å². The van der Waals surface area contributed by atoms with Gasteiger partial charge in [-0.25, -0.2) is 0 Å². The van der Waals surface area contributed by atoms with Crippen LogP contribution >= 0.6 is 0 Å². The van der Waals surface area contributed by atoms with Gasteiger partial charge in [0.25, 0.3) is 0 Å². The third-order valence-corrected chi connectivity index (χ3v) is 4.50. The first-order chi connectivity index (χ1) is 10.2. The van der Waals surface area contributed by atoms with E-state index >= 15 is 0 Å². The van der Waals surface area contributed by atoms with Gasteiger partial charge in [-0.3, -0.25) is 9.59 Å². The quantitative estimate of drug-likeness (QED) is 0.299. The number of carbonyl (C=O) groups is 2. The molecular formula is C18H36CaO4. The van der Waals surface area contributed by atoms with E-state index in [1.54, 1.807) is 0 Å². The van der Waals surface area contributed by atoms with Crippen LogP contribution in [0.2, 0.25) is 0 Å². The van der Waals surface area contributed by atoms with Crippen molar-refractivity contribution in [2.75, 3.05) is 0 Å². The average molecular weight is 357 g/mol. The molecule has 0 heterocycles. The van der Waals surface area contributed by atoms with Gasteiger partial charge in [-0.15, -0.1) is 0 Å². The van der Waals surface area contributed by atoms with E-state index < -0.39 is 17.9 Å². The molecule has 134 valence electrons. The molecule has 0 fully saturated rings. The van der Waals surface area contributed by atoms with E-state index in [1.165, 1.54) is 32.1 Å². The Bertz CT molecular complexity index is 332. The van der Waals surface area contributed by atoms with Gasteiger partial charge in [0, 0.05) is 0 Å². The monoisotopic (exact) mass is 356 g/mol. The Morgan fingerprint density at radius 2 is 1.35 bits per heavy atom. The van der Waals surface area contributed by atoms with Crippen LogP contribution < -0.4 is 0 Å². The molecule has 0 spiro atoms. The van der Waals surface area contributed by atoms with Crippen molar-refractivity contribution in [3.8, 4) is 0 Å². The van der Waals surface area contributed by atoms with E-state index in [4.69, 9.17) is 10.2 Å². The molecule has 5 heteroatoms. The van der Waals surface area contributed by atoms with E-state index in [-0.39, 0.29) is 58.3 Å². The van der Waals surface area contributed by atoms with Crippen LogP contribution in [-0.2, 0) is 9.59 Å². The first-order valence-corrected chi connectivity index (χ1v) is 8.65. The molecule has 0 saturated carbocycles. The van der Waals surface area contributed by atoms with E-state index in [0.717, 1.165) is 19.3 Å². The number of carboxylic acids is 2. The van der Waals surface area contributed by atoms with E-state index in [2.05, 4.69) is 27.7 Å². The van der Waals surface area contributed by atoms with E-state index in [1.807, 2.05) is 0 Å². The van der Waals surface area contributed by atoms with Crippen molar-refractivity contribution in [3.63, 3.8) is 0 Å². The number of hydrogen-bond acceptors (Lipinski definition) is 2. The summed E-state index contributed by atoms with van der Waals surface area (Å²) >= 11 is 0. The summed E-state index contributed by atoms with van der Waals surface area (Å²) in [5, 5.41) is 18.1. The first kappa shape index (κ1) is 25.4. The van der Waals surface area contributed by atoms with Gasteiger partial charge in [-0.05, 0) is 24.2 Å². The molecule has 0 aliphatic rings.